The number of hydrogen-bond acceptors (Lipinski definition) is 3. The Kier molecular flexibility index (Phi) is 4.73. The summed E-state index contributed by atoms with van der Waals surface area (Å²) in [4.78, 5) is 0. The van der Waals surface area contributed by atoms with Crippen molar-refractivity contribution in [3.8, 4) is 0 Å². The summed E-state index contributed by atoms with van der Waals surface area (Å²) in [6, 6.07) is 0. The lowest BCUT2D eigenvalue weighted by atomic mass is 10.3. The third kappa shape index (κ3) is 3.17. The van der Waals surface area contributed by atoms with Gasteiger partial charge in [-0.2, -0.15) is 11.8 Å². The average Bonchev–Trinajstić information content (AvgIpc) is 2.46. The van der Waals surface area contributed by atoms with Crippen LogP contribution in [-0.4, -0.2) is 30.3 Å². The molecule has 3 heteroatoms. The Morgan fingerprint density at radius 1 is 1.58 bits per heavy atom. The molecule has 1 rings (SSSR count). The number of hydrogen-bond donors (Lipinski definition) is 1. The predicted octanol–water partition coefficient (Wildman–Crippen LogP) is 1.41. The molecule has 0 aromatic heterocycles. The fraction of sp³-hybridized carbons (Fsp3) is 0.778. The normalized spacial score (nSPS) is 30.2. The van der Waals surface area contributed by atoms with Crippen molar-refractivity contribution >= 4 is 11.8 Å². The summed E-state index contributed by atoms with van der Waals surface area (Å²) in [7, 11) is 0. The molecule has 1 aliphatic rings. The van der Waals surface area contributed by atoms with E-state index in [1.54, 1.807) is 0 Å². The zero-order valence-corrected chi connectivity index (χ0v) is 8.35. The zero-order chi connectivity index (χ0) is 8.81. The van der Waals surface area contributed by atoms with Crippen molar-refractivity contribution in [2.45, 2.75) is 24.7 Å². The highest BCUT2D eigenvalue weighted by Crippen LogP contribution is 2.25. The lowest BCUT2D eigenvalue weighted by molar-refractivity contribution is 0.127. The van der Waals surface area contributed by atoms with Crippen LogP contribution >= 0.6 is 11.8 Å². The molecule has 0 amide bonds. The Labute approximate surface area is 78.5 Å². The first kappa shape index (κ1) is 10.1. The van der Waals surface area contributed by atoms with Crippen molar-refractivity contribution in [3.63, 3.8) is 0 Å². The monoisotopic (exact) mass is 187 g/mol. The molecule has 1 saturated heterocycles. The van der Waals surface area contributed by atoms with Gasteiger partial charge in [0.25, 0.3) is 0 Å². The molecule has 0 aromatic carbocycles. The molecule has 1 fully saturated rings. The maximum absolute atomic E-state index is 5.45. The van der Waals surface area contributed by atoms with E-state index in [1.165, 1.54) is 6.42 Å². The topological polar surface area (TPSA) is 35.2 Å². The summed E-state index contributed by atoms with van der Waals surface area (Å²) < 4.78 is 5.45. The van der Waals surface area contributed by atoms with Crippen molar-refractivity contribution < 1.29 is 4.74 Å². The van der Waals surface area contributed by atoms with Gasteiger partial charge in [-0.3, -0.25) is 0 Å². The fourth-order valence-electron chi connectivity index (χ4n) is 1.27. The van der Waals surface area contributed by atoms with E-state index in [4.69, 9.17) is 10.5 Å². The molecule has 0 spiro atoms. The molecule has 70 valence electrons. The van der Waals surface area contributed by atoms with Crippen LogP contribution in [0.4, 0.5) is 0 Å². The van der Waals surface area contributed by atoms with E-state index in [0.29, 0.717) is 17.9 Å². The summed E-state index contributed by atoms with van der Waals surface area (Å²) in [5, 5.41) is 0.687. The van der Waals surface area contributed by atoms with Gasteiger partial charge < -0.3 is 10.5 Å². The lowest BCUT2D eigenvalue weighted by Gasteiger charge is -2.11. The summed E-state index contributed by atoms with van der Waals surface area (Å²) in [6.07, 6.45) is 5.77. The van der Waals surface area contributed by atoms with Gasteiger partial charge in [0, 0.05) is 24.2 Å². The minimum absolute atomic E-state index is 0.432. The standard InChI is InChI=1S/C9H17NOS/c1-8-9(4-6-11-8)12-7-3-2-5-10/h2-3,8-9H,4-7,10H2,1H3/b3-2+. The van der Waals surface area contributed by atoms with Gasteiger partial charge in [0.15, 0.2) is 0 Å². The van der Waals surface area contributed by atoms with E-state index in [-0.39, 0.29) is 0 Å². The first-order valence-corrected chi connectivity index (χ1v) is 5.47. The lowest BCUT2D eigenvalue weighted by Crippen LogP contribution is -2.13. The van der Waals surface area contributed by atoms with Crippen LogP contribution in [0.3, 0.4) is 0 Å². The summed E-state index contributed by atoms with van der Waals surface area (Å²) in [5.41, 5.74) is 5.33. The third-order valence-corrected chi connectivity index (χ3v) is 3.45. The highest BCUT2D eigenvalue weighted by Gasteiger charge is 2.23. The Hall–Kier alpha value is 0.01000. The van der Waals surface area contributed by atoms with E-state index in [1.807, 2.05) is 17.8 Å². The molecular formula is C9H17NOS. The van der Waals surface area contributed by atoms with Crippen LogP contribution < -0.4 is 5.73 Å². The zero-order valence-electron chi connectivity index (χ0n) is 7.53. The predicted molar refractivity (Wildman–Crippen MR) is 54.5 cm³/mol. The molecule has 0 saturated carbocycles. The van der Waals surface area contributed by atoms with Crippen LogP contribution in [0.2, 0.25) is 0 Å². The Morgan fingerprint density at radius 3 is 3.00 bits per heavy atom. The molecule has 2 atom stereocenters. The van der Waals surface area contributed by atoms with E-state index in [2.05, 4.69) is 13.0 Å². The van der Waals surface area contributed by atoms with Gasteiger partial charge in [-0.05, 0) is 13.3 Å². The van der Waals surface area contributed by atoms with Crippen LogP contribution in [-0.2, 0) is 4.74 Å². The van der Waals surface area contributed by atoms with Crippen LogP contribution in [0.25, 0.3) is 0 Å². The van der Waals surface area contributed by atoms with Crippen molar-refractivity contribution in [2.24, 2.45) is 5.73 Å². The van der Waals surface area contributed by atoms with Gasteiger partial charge in [0.1, 0.15) is 0 Å². The average molecular weight is 187 g/mol. The molecule has 2 N–H and O–H groups in total. The molecule has 2 nitrogen and oxygen atoms in total. The SMILES string of the molecule is CC1OCCC1SC/C=C/CN. The highest BCUT2D eigenvalue weighted by molar-refractivity contribution is 8.00. The van der Waals surface area contributed by atoms with Crippen LogP contribution in [0.15, 0.2) is 12.2 Å². The van der Waals surface area contributed by atoms with Gasteiger partial charge in [0.2, 0.25) is 0 Å². The molecule has 2 unspecified atom stereocenters. The van der Waals surface area contributed by atoms with Gasteiger partial charge in [-0.1, -0.05) is 12.2 Å². The van der Waals surface area contributed by atoms with Crippen LogP contribution in [0, 0.1) is 0 Å². The summed E-state index contributed by atoms with van der Waals surface area (Å²) in [5.74, 6) is 1.07. The molecule has 1 heterocycles. The van der Waals surface area contributed by atoms with Crippen LogP contribution in [0.1, 0.15) is 13.3 Å². The van der Waals surface area contributed by atoms with E-state index >= 15 is 0 Å². The first-order chi connectivity index (χ1) is 5.84. The number of rotatable bonds is 4. The molecule has 1 aliphatic heterocycles. The summed E-state index contributed by atoms with van der Waals surface area (Å²) in [6.45, 7) is 3.73. The molecular weight excluding hydrogens is 170 g/mol. The van der Waals surface area contributed by atoms with Crippen LogP contribution in [0.5, 0.6) is 0 Å². The van der Waals surface area contributed by atoms with Crippen molar-refractivity contribution in [2.75, 3.05) is 18.9 Å². The Bertz CT molecular complexity index is 149. The number of ether oxygens (including phenoxy) is 1. The largest absolute Gasteiger partial charge is 0.377 e. The second-order valence-electron chi connectivity index (χ2n) is 2.94. The van der Waals surface area contributed by atoms with E-state index in [0.717, 1.165) is 12.4 Å². The molecule has 0 radical (unpaired) electrons. The second-order valence-corrected chi connectivity index (χ2v) is 4.22. The Balaban J connectivity index is 2.10. The van der Waals surface area contributed by atoms with Crippen molar-refractivity contribution in [3.05, 3.63) is 12.2 Å². The van der Waals surface area contributed by atoms with Gasteiger partial charge in [-0.25, -0.2) is 0 Å². The minimum Gasteiger partial charge on any atom is -0.377 e. The Morgan fingerprint density at radius 2 is 2.42 bits per heavy atom. The fourth-order valence-corrected chi connectivity index (χ4v) is 2.38. The van der Waals surface area contributed by atoms with Gasteiger partial charge >= 0.3 is 0 Å². The number of thioether (sulfide) groups is 1. The second kappa shape index (κ2) is 5.62. The number of nitrogens with two attached hydrogens (primary N) is 1. The molecule has 0 aromatic rings. The highest BCUT2D eigenvalue weighted by atomic mass is 32.2. The van der Waals surface area contributed by atoms with E-state index in [9.17, 15) is 0 Å². The quantitative estimate of drug-likeness (QED) is 0.676. The van der Waals surface area contributed by atoms with Crippen molar-refractivity contribution in [1.82, 2.24) is 0 Å². The maximum Gasteiger partial charge on any atom is 0.0666 e. The smallest absolute Gasteiger partial charge is 0.0666 e. The third-order valence-electron chi connectivity index (χ3n) is 2.02. The maximum atomic E-state index is 5.45. The molecule has 0 aliphatic carbocycles. The van der Waals surface area contributed by atoms with Gasteiger partial charge in [0.05, 0.1) is 6.10 Å². The van der Waals surface area contributed by atoms with E-state index < -0.39 is 0 Å². The summed E-state index contributed by atoms with van der Waals surface area (Å²) >= 11 is 1.96. The first-order valence-electron chi connectivity index (χ1n) is 4.43. The van der Waals surface area contributed by atoms with Crippen molar-refractivity contribution in [1.29, 1.82) is 0 Å². The molecule has 0 bridgehead atoms. The minimum atomic E-state index is 0.432. The van der Waals surface area contributed by atoms with Gasteiger partial charge in [-0.15, -0.1) is 0 Å². The molecule has 12 heavy (non-hydrogen) atoms.